The van der Waals surface area contributed by atoms with E-state index in [0.29, 0.717) is 5.92 Å². The molecule has 1 aliphatic rings. The Kier molecular flexibility index (Phi) is 2.46. The molecule has 1 fully saturated rings. The Balaban J connectivity index is 2.11. The second kappa shape index (κ2) is 3.61. The van der Waals surface area contributed by atoms with Crippen molar-refractivity contribution in [3.05, 3.63) is 11.9 Å². The van der Waals surface area contributed by atoms with Gasteiger partial charge in [0.25, 0.3) is 0 Å². The Hall–Kier alpha value is -1.03. The monoisotopic (exact) mass is 194 g/mol. The summed E-state index contributed by atoms with van der Waals surface area (Å²) in [5.74, 6) is 0.562. The minimum Gasteiger partial charge on any atom is -0.396 e. The molecule has 0 radical (unpaired) electrons. The van der Waals surface area contributed by atoms with E-state index in [9.17, 15) is 0 Å². The van der Waals surface area contributed by atoms with Crippen LogP contribution in [0.15, 0.2) is 6.20 Å². The Morgan fingerprint density at radius 1 is 1.36 bits per heavy atom. The highest BCUT2D eigenvalue weighted by atomic mass is 15.3. The Bertz CT molecular complexity index is 310. The summed E-state index contributed by atoms with van der Waals surface area (Å²) in [7, 11) is 4.09. The molecular formula is C10H18N4. The molecule has 1 aromatic rings. The molecule has 1 aliphatic heterocycles. The van der Waals surface area contributed by atoms with Crippen molar-refractivity contribution in [1.29, 1.82) is 0 Å². The minimum absolute atomic E-state index is 0.562. The van der Waals surface area contributed by atoms with Gasteiger partial charge in [-0.3, -0.25) is 4.68 Å². The van der Waals surface area contributed by atoms with E-state index >= 15 is 0 Å². The zero-order valence-electron chi connectivity index (χ0n) is 8.90. The van der Waals surface area contributed by atoms with Gasteiger partial charge < -0.3 is 10.6 Å². The molecule has 0 unspecified atom stereocenters. The molecule has 4 heteroatoms. The maximum atomic E-state index is 5.91. The lowest BCUT2D eigenvalue weighted by molar-refractivity contribution is 0.253. The molecule has 0 aromatic carbocycles. The summed E-state index contributed by atoms with van der Waals surface area (Å²) in [4.78, 5) is 2.36. The van der Waals surface area contributed by atoms with Crippen molar-refractivity contribution in [2.24, 2.45) is 7.05 Å². The van der Waals surface area contributed by atoms with Gasteiger partial charge in [0.1, 0.15) is 0 Å². The van der Waals surface area contributed by atoms with E-state index < -0.39 is 0 Å². The maximum Gasteiger partial charge on any atom is 0.0885 e. The highest BCUT2D eigenvalue weighted by Gasteiger charge is 2.22. The van der Waals surface area contributed by atoms with Gasteiger partial charge in [0.05, 0.1) is 11.4 Å². The molecule has 1 aromatic heterocycles. The van der Waals surface area contributed by atoms with Gasteiger partial charge in [0.15, 0.2) is 0 Å². The highest BCUT2D eigenvalue weighted by molar-refractivity contribution is 5.42. The van der Waals surface area contributed by atoms with Gasteiger partial charge in [-0.15, -0.1) is 0 Å². The first-order valence-electron chi connectivity index (χ1n) is 5.14. The Morgan fingerprint density at radius 3 is 2.50 bits per heavy atom. The molecule has 0 saturated carbocycles. The van der Waals surface area contributed by atoms with Crippen LogP contribution in [0.5, 0.6) is 0 Å². The number of likely N-dealkylation sites (tertiary alicyclic amines) is 1. The normalized spacial score (nSPS) is 20.1. The SMILES string of the molecule is CN1CCC(c2nn(C)cc2N)CC1. The zero-order valence-corrected chi connectivity index (χ0v) is 8.90. The van der Waals surface area contributed by atoms with Crippen molar-refractivity contribution >= 4 is 5.69 Å². The largest absolute Gasteiger partial charge is 0.396 e. The van der Waals surface area contributed by atoms with Crippen molar-refractivity contribution in [3.63, 3.8) is 0 Å². The summed E-state index contributed by atoms with van der Waals surface area (Å²) < 4.78 is 1.81. The molecular weight excluding hydrogens is 176 g/mol. The first kappa shape index (κ1) is 9.52. The van der Waals surface area contributed by atoms with Crippen LogP contribution in [0.1, 0.15) is 24.5 Å². The van der Waals surface area contributed by atoms with Crippen LogP contribution in [-0.2, 0) is 7.05 Å². The molecule has 2 N–H and O–H groups in total. The molecule has 0 spiro atoms. The molecule has 78 valence electrons. The maximum absolute atomic E-state index is 5.91. The predicted molar refractivity (Wildman–Crippen MR) is 57.1 cm³/mol. The van der Waals surface area contributed by atoms with Gasteiger partial charge in [-0.2, -0.15) is 5.10 Å². The van der Waals surface area contributed by atoms with E-state index in [-0.39, 0.29) is 0 Å². The molecule has 14 heavy (non-hydrogen) atoms. The van der Waals surface area contributed by atoms with E-state index in [2.05, 4.69) is 17.0 Å². The van der Waals surface area contributed by atoms with Crippen LogP contribution in [0.2, 0.25) is 0 Å². The van der Waals surface area contributed by atoms with Crippen LogP contribution >= 0.6 is 0 Å². The predicted octanol–water partition coefficient (Wildman–Crippen LogP) is 0.811. The molecule has 4 nitrogen and oxygen atoms in total. The minimum atomic E-state index is 0.562. The van der Waals surface area contributed by atoms with Crippen LogP contribution in [-0.4, -0.2) is 34.8 Å². The summed E-state index contributed by atoms with van der Waals surface area (Å²) in [5, 5.41) is 4.43. The van der Waals surface area contributed by atoms with Crippen LogP contribution < -0.4 is 5.73 Å². The molecule has 1 saturated heterocycles. The third-order valence-corrected chi connectivity index (χ3v) is 2.99. The lowest BCUT2D eigenvalue weighted by Crippen LogP contribution is -2.29. The van der Waals surface area contributed by atoms with Crippen molar-refractivity contribution in [3.8, 4) is 0 Å². The molecule has 0 bridgehead atoms. The molecule has 0 atom stereocenters. The van der Waals surface area contributed by atoms with Gasteiger partial charge in [-0.1, -0.05) is 0 Å². The first-order valence-corrected chi connectivity index (χ1v) is 5.14. The van der Waals surface area contributed by atoms with Crippen molar-refractivity contribution in [2.75, 3.05) is 25.9 Å². The lowest BCUT2D eigenvalue weighted by atomic mass is 9.93. The van der Waals surface area contributed by atoms with E-state index in [1.807, 2.05) is 17.9 Å². The van der Waals surface area contributed by atoms with Gasteiger partial charge in [-0.05, 0) is 33.0 Å². The average Bonchev–Trinajstić information content (AvgIpc) is 2.47. The first-order chi connectivity index (χ1) is 6.66. The van der Waals surface area contributed by atoms with Crippen LogP contribution in [0, 0.1) is 0 Å². The third kappa shape index (κ3) is 1.75. The summed E-state index contributed by atoms with van der Waals surface area (Å²) in [6, 6.07) is 0. The van der Waals surface area contributed by atoms with E-state index in [1.54, 1.807) is 0 Å². The number of rotatable bonds is 1. The lowest BCUT2D eigenvalue weighted by Gasteiger charge is -2.28. The van der Waals surface area contributed by atoms with Crippen molar-refractivity contribution < 1.29 is 0 Å². The van der Waals surface area contributed by atoms with Crippen LogP contribution in [0.3, 0.4) is 0 Å². The van der Waals surface area contributed by atoms with Crippen molar-refractivity contribution in [2.45, 2.75) is 18.8 Å². The fourth-order valence-corrected chi connectivity index (χ4v) is 2.12. The highest BCUT2D eigenvalue weighted by Crippen LogP contribution is 2.29. The molecule has 2 heterocycles. The van der Waals surface area contributed by atoms with Gasteiger partial charge in [0.2, 0.25) is 0 Å². The number of nitrogens with two attached hydrogens (primary N) is 1. The van der Waals surface area contributed by atoms with Gasteiger partial charge in [0, 0.05) is 19.2 Å². The number of nitrogen functional groups attached to an aromatic ring is 1. The van der Waals surface area contributed by atoms with Crippen molar-refractivity contribution in [1.82, 2.24) is 14.7 Å². The second-order valence-corrected chi connectivity index (χ2v) is 4.22. The van der Waals surface area contributed by atoms with E-state index in [1.165, 1.54) is 12.8 Å². The number of aryl methyl sites for hydroxylation is 1. The fourth-order valence-electron chi connectivity index (χ4n) is 2.12. The third-order valence-electron chi connectivity index (χ3n) is 2.99. The summed E-state index contributed by atoms with van der Waals surface area (Å²) >= 11 is 0. The molecule has 2 rings (SSSR count). The topological polar surface area (TPSA) is 47.1 Å². The van der Waals surface area contributed by atoms with E-state index in [0.717, 1.165) is 24.5 Å². The van der Waals surface area contributed by atoms with Gasteiger partial charge in [-0.25, -0.2) is 0 Å². The number of nitrogens with zero attached hydrogens (tertiary/aromatic N) is 3. The number of hydrogen-bond donors (Lipinski definition) is 1. The molecule has 0 aliphatic carbocycles. The van der Waals surface area contributed by atoms with Crippen LogP contribution in [0.4, 0.5) is 5.69 Å². The number of anilines is 1. The average molecular weight is 194 g/mol. The molecule has 0 amide bonds. The standard InChI is InChI=1S/C10H18N4/c1-13-5-3-8(4-6-13)10-9(11)7-14(2)12-10/h7-8H,3-6,11H2,1-2H3. The number of aromatic nitrogens is 2. The smallest absolute Gasteiger partial charge is 0.0885 e. The summed E-state index contributed by atoms with van der Waals surface area (Å²) in [6.45, 7) is 2.31. The van der Waals surface area contributed by atoms with E-state index in [4.69, 9.17) is 5.73 Å². The quantitative estimate of drug-likeness (QED) is 0.719. The number of piperidine rings is 1. The fraction of sp³-hybridized carbons (Fsp3) is 0.700. The Labute approximate surface area is 84.7 Å². The Morgan fingerprint density at radius 2 is 2.00 bits per heavy atom. The number of hydrogen-bond acceptors (Lipinski definition) is 3. The van der Waals surface area contributed by atoms with Crippen LogP contribution in [0.25, 0.3) is 0 Å². The zero-order chi connectivity index (χ0) is 10.1. The second-order valence-electron chi connectivity index (χ2n) is 4.22. The van der Waals surface area contributed by atoms with Gasteiger partial charge >= 0.3 is 0 Å². The summed E-state index contributed by atoms with van der Waals surface area (Å²) in [6.07, 6.45) is 4.25. The summed E-state index contributed by atoms with van der Waals surface area (Å²) in [5.41, 5.74) is 7.86.